The Morgan fingerprint density at radius 2 is 0.932 bits per heavy atom. The van der Waals surface area contributed by atoms with Gasteiger partial charge in [-0.3, -0.25) is 0 Å². The lowest BCUT2D eigenvalue weighted by Gasteiger charge is -2.16. The molecule has 210 valence electrons. The molecule has 0 N–H and O–H groups in total. The summed E-state index contributed by atoms with van der Waals surface area (Å²) in [7, 11) is 0. The van der Waals surface area contributed by atoms with Crippen molar-refractivity contribution in [2.75, 3.05) is 0 Å². The van der Waals surface area contributed by atoms with Crippen molar-refractivity contribution >= 4 is 49.3 Å². The molecule has 6 aromatic carbocycles. The van der Waals surface area contributed by atoms with E-state index in [0.717, 1.165) is 6.42 Å². The van der Waals surface area contributed by atoms with Gasteiger partial charge in [0.1, 0.15) is 0 Å². The predicted octanol–water partition coefficient (Wildman–Crippen LogP) is 11.6. The largest absolute Gasteiger partial charge is 0.313 e. The highest BCUT2D eigenvalue weighted by molar-refractivity contribution is 6.12. The van der Waals surface area contributed by atoms with Gasteiger partial charge in [0.15, 0.2) is 0 Å². The average molecular weight is 565 g/mol. The summed E-state index contributed by atoms with van der Waals surface area (Å²) in [6.45, 7) is 0. The van der Waals surface area contributed by atoms with Crippen LogP contribution in [0, 0.1) is 0 Å². The van der Waals surface area contributed by atoms with Crippen LogP contribution in [-0.2, 0) is 0 Å². The van der Waals surface area contributed by atoms with Gasteiger partial charge in [0.25, 0.3) is 0 Å². The number of para-hydroxylation sites is 3. The zero-order valence-electron chi connectivity index (χ0n) is 24.6. The van der Waals surface area contributed by atoms with Gasteiger partial charge in [-0.25, -0.2) is 0 Å². The van der Waals surface area contributed by atoms with E-state index < -0.39 is 0 Å². The Labute approximate surface area is 257 Å². The van der Waals surface area contributed by atoms with Crippen molar-refractivity contribution in [3.05, 3.63) is 146 Å². The number of fused-ring (bicyclic) bond motifs is 6. The van der Waals surface area contributed by atoms with E-state index in [1.165, 1.54) is 96.5 Å². The molecule has 0 bridgehead atoms. The summed E-state index contributed by atoms with van der Waals surface area (Å²) in [5.41, 5.74) is 12.7. The minimum atomic E-state index is 1.14. The van der Waals surface area contributed by atoms with Gasteiger partial charge in [0.2, 0.25) is 0 Å². The second kappa shape index (κ2) is 10.1. The minimum Gasteiger partial charge on any atom is -0.313 e. The van der Waals surface area contributed by atoms with E-state index in [4.69, 9.17) is 0 Å². The second-order valence-corrected chi connectivity index (χ2v) is 12.0. The van der Waals surface area contributed by atoms with E-state index >= 15 is 0 Å². The van der Waals surface area contributed by atoms with Crippen LogP contribution >= 0.6 is 0 Å². The quantitative estimate of drug-likeness (QED) is 0.201. The van der Waals surface area contributed by atoms with Crippen LogP contribution in [0.25, 0.3) is 77.2 Å². The highest BCUT2D eigenvalue weighted by Gasteiger charge is 2.17. The fourth-order valence-electron chi connectivity index (χ4n) is 7.37. The van der Waals surface area contributed by atoms with E-state index in [0.29, 0.717) is 0 Å². The average Bonchev–Trinajstić information content (AvgIpc) is 3.61. The van der Waals surface area contributed by atoms with Gasteiger partial charge < -0.3 is 9.13 Å². The van der Waals surface area contributed by atoms with E-state index in [1.807, 2.05) is 0 Å². The van der Waals surface area contributed by atoms with Crippen LogP contribution in [0.4, 0.5) is 0 Å². The summed E-state index contributed by atoms with van der Waals surface area (Å²) in [5.74, 6) is 0. The molecule has 8 aromatic rings. The summed E-state index contributed by atoms with van der Waals surface area (Å²) in [4.78, 5) is 0. The Morgan fingerprint density at radius 3 is 1.57 bits per heavy atom. The van der Waals surface area contributed by atoms with Crippen LogP contribution in [0.1, 0.15) is 25.7 Å². The summed E-state index contributed by atoms with van der Waals surface area (Å²) >= 11 is 0. The van der Waals surface area contributed by atoms with Gasteiger partial charge in [-0.1, -0.05) is 91.0 Å². The maximum Gasteiger partial charge on any atom is 0.0541 e. The van der Waals surface area contributed by atoms with Crippen LogP contribution < -0.4 is 0 Å². The zero-order chi connectivity index (χ0) is 29.0. The molecule has 44 heavy (non-hydrogen) atoms. The smallest absolute Gasteiger partial charge is 0.0541 e. The molecule has 0 fully saturated rings. The lowest BCUT2D eigenvalue weighted by molar-refractivity contribution is 0.724. The first-order valence-corrected chi connectivity index (χ1v) is 15.8. The number of hydrogen-bond donors (Lipinski definition) is 0. The molecule has 0 unspecified atom stereocenters. The summed E-state index contributed by atoms with van der Waals surface area (Å²) < 4.78 is 4.88. The Morgan fingerprint density at radius 1 is 0.386 bits per heavy atom. The van der Waals surface area contributed by atoms with Gasteiger partial charge in [0.05, 0.1) is 22.1 Å². The van der Waals surface area contributed by atoms with Crippen LogP contribution in [0.3, 0.4) is 0 Å². The molecule has 0 spiro atoms. The Kier molecular flexibility index (Phi) is 5.80. The van der Waals surface area contributed by atoms with Crippen LogP contribution in [0.5, 0.6) is 0 Å². The Bertz CT molecular complexity index is 2380. The lowest BCUT2D eigenvalue weighted by Crippen LogP contribution is -2.00. The molecule has 2 aromatic heterocycles. The SMILES string of the molecule is C1=C(n2c3ccccc3c3cc(-c4cccc(-c5ccc6c(c5)c5ccccc5n6-c5ccccc5)c4)ccc32)CCCC1. The van der Waals surface area contributed by atoms with Crippen molar-refractivity contribution in [2.45, 2.75) is 25.7 Å². The third-order valence-electron chi connectivity index (χ3n) is 9.44. The lowest BCUT2D eigenvalue weighted by atomic mass is 9.97. The van der Waals surface area contributed by atoms with E-state index in [-0.39, 0.29) is 0 Å². The van der Waals surface area contributed by atoms with Gasteiger partial charge in [-0.15, -0.1) is 0 Å². The van der Waals surface area contributed by atoms with E-state index in [2.05, 4.69) is 155 Å². The molecule has 0 amide bonds. The molecule has 0 atom stereocenters. The standard InChI is InChI=1S/C42H32N2/c1-3-14-33(15-4-1)43-39-20-9-7-18-35(39)37-27-31(22-24-41(37)43)29-12-11-13-30(26-29)32-23-25-42-38(28-32)36-19-8-10-21-40(36)44(42)34-16-5-2-6-17-34/h1,3-4,7-16,18-28H,2,5-6,17H2. The van der Waals surface area contributed by atoms with E-state index in [1.54, 1.807) is 0 Å². The number of rotatable bonds is 4. The molecule has 1 aliphatic rings. The molecule has 0 saturated carbocycles. The molecule has 0 saturated heterocycles. The highest BCUT2D eigenvalue weighted by Crippen LogP contribution is 2.39. The van der Waals surface area contributed by atoms with Gasteiger partial charge in [-0.05, 0) is 103 Å². The molecule has 0 aliphatic heterocycles. The first-order valence-electron chi connectivity index (χ1n) is 15.8. The molecule has 9 rings (SSSR count). The summed E-state index contributed by atoms with van der Waals surface area (Å²) in [6, 6.07) is 51.3. The maximum atomic E-state index is 2.51. The predicted molar refractivity (Wildman–Crippen MR) is 187 cm³/mol. The molecular weight excluding hydrogens is 532 g/mol. The molecule has 2 heteroatoms. The number of nitrogens with zero attached hydrogens (tertiary/aromatic N) is 2. The molecule has 2 heterocycles. The number of allylic oxidation sites excluding steroid dienone is 2. The van der Waals surface area contributed by atoms with Crippen LogP contribution in [0.15, 0.2) is 146 Å². The second-order valence-electron chi connectivity index (χ2n) is 12.0. The van der Waals surface area contributed by atoms with Gasteiger partial charge >= 0.3 is 0 Å². The number of benzene rings is 6. The molecule has 2 nitrogen and oxygen atoms in total. The van der Waals surface area contributed by atoms with Crippen LogP contribution in [-0.4, -0.2) is 9.13 Å². The van der Waals surface area contributed by atoms with Crippen LogP contribution in [0.2, 0.25) is 0 Å². The monoisotopic (exact) mass is 564 g/mol. The normalized spacial score (nSPS) is 13.7. The molecular formula is C42H32N2. The van der Waals surface area contributed by atoms with Crippen molar-refractivity contribution in [3.8, 4) is 27.9 Å². The van der Waals surface area contributed by atoms with Crippen molar-refractivity contribution in [2.24, 2.45) is 0 Å². The highest BCUT2D eigenvalue weighted by atomic mass is 15.0. The first-order chi connectivity index (χ1) is 21.8. The Hall–Kier alpha value is -5.34. The van der Waals surface area contributed by atoms with Crippen molar-refractivity contribution in [1.82, 2.24) is 9.13 Å². The fourth-order valence-corrected chi connectivity index (χ4v) is 7.37. The number of aromatic nitrogens is 2. The van der Waals surface area contributed by atoms with E-state index in [9.17, 15) is 0 Å². The van der Waals surface area contributed by atoms with Gasteiger partial charge in [0, 0.05) is 32.9 Å². The third kappa shape index (κ3) is 3.95. The molecule has 1 aliphatic carbocycles. The maximum absolute atomic E-state index is 2.51. The minimum absolute atomic E-state index is 1.14. The van der Waals surface area contributed by atoms with Gasteiger partial charge in [-0.2, -0.15) is 0 Å². The summed E-state index contributed by atoms with van der Waals surface area (Å²) in [6.07, 6.45) is 7.33. The third-order valence-corrected chi connectivity index (χ3v) is 9.44. The summed E-state index contributed by atoms with van der Waals surface area (Å²) in [5, 5.41) is 5.20. The zero-order valence-corrected chi connectivity index (χ0v) is 24.6. The molecule has 0 radical (unpaired) electrons. The van der Waals surface area contributed by atoms with Crippen molar-refractivity contribution in [1.29, 1.82) is 0 Å². The topological polar surface area (TPSA) is 9.86 Å². The Balaban J connectivity index is 1.17. The number of hydrogen-bond acceptors (Lipinski definition) is 0. The van der Waals surface area contributed by atoms with Crippen molar-refractivity contribution < 1.29 is 0 Å². The fraction of sp³-hybridized carbons (Fsp3) is 0.0952. The van der Waals surface area contributed by atoms with Crippen molar-refractivity contribution in [3.63, 3.8) is 0 Å². The first kappa shape index (κ1) is 25.2.